The van der Waals surface area contributed by atoms with E-state index >= 15 is 0 Å². The Bertz CT molecular complexity index is 389. The van der Waals surface area contributed by atoms with Crippen LogP contribution in [0.1, 0.15) is 12.5 Å². The quantitative estimate of drug-likeness (QED) is 0.850. The van der Waals surface area contributed by atoms with E-state index in [1.54, 1.807) is 0 Å². The molecular formula is C13H17ClN2. The van der Waals surface area contributed by atoms with Gasteiger partial charge in [0.15, 0.2) is 0 Å². The molecule has 0 aromatic heterocycles. The second kappa shape index (κ2) is 4.89. The monoisotopic (exact) mass is 236 g/mol. The van der Waals surface area contributed by atoms with Crippen molar-refractivity contribution in [2.75, 3.05) is 18.0 Å². The first-order valence-electron chi connectivity index (χ1n) is 5.56. The molecule has 1 heterocycles. The largest absolute Gasteiger partial charge is 0.365 e. The van der Waals surface area contributed by atoms with Crippen LogP contribution in [-0.2, 0) is 6.54 Å². The number of hydrogen-bond acceptors (Lipinski definition) is 2. The van der Waals surface area contributed by atoms with Crippen molar-refractivity contribution in [3.8, 4) is 0 Å². The summed E-state index contributed by atoms with van der Waals surface area (Å²) < 4.78 is 0. The highest BCUT2D eigenvalue weighted by molar-refractivity contribution is 6.29. The van der Waals surface area contributed by atoms with E-state index in [0.717, 1.165) is 13.1 Å². The summed E-state index contributed by atoms with van der Waals surface area (Å²) in [6.07, 6.45) is 0. The van der Waals surface area contributed by atoms with Gasteiger partial charge in [-0.2, -0.15) is 0 Å². The molecule has 3 heteroatoms. The molecule has 1 atom stereocenters. The number of benzene rings is 1. The summed E-state index contributed by atoms with van der Waals surface area (Å²) in [6.45, 7) is 8.56. The van der Waals surface area contributed by atoms with Crippen molar-refractivity contribution in [2.45, 2.75) is 19.5 Å². The predicted octanol–water partition coefficient (Wildman–Crippen LogP) is 2.74. The van der Waals surface area contributed by atoms with Crippen molar-refractivity contribution in [3.05, 3.63) is 41.4 Å². The third-order valence-electron chi connectivity index (χ3n) is 2.83. The van der Waals surface area contributed by atoms with E-state index in [-0.39, 0.29) is 0 Å². The molecule has 0 aliphatic carbocycles. The first kappa shape index (κ1) is 11.5. The van der Waals surface area contributed by atoms with E-state index < -0.39 is 0 Å². The fourth-order valence-corrected chi connectivity index (χ4v) is 2.25. The summed E-state index contributed by atoms with van der Waals surface area (Å²) in [5.74, 6) is 0. The van der Waals surface area contributed by atoms with Crippen molar-refractivity contribution in [1.29, 1.82) is 0 Å². The van der Waals surface area contributed by atoms with Crippen LogP contribution < -0.4 is 10.2 Å². The van der Waals surface area contributed by atoms with E-state index in [1.807, 2.05) is 0 Å². The Morgan fingerprint density at radius 1 is 1.56 bits per heavy atom. The molecule has 1 aromatic carbocycles. The van der Waals surface area contributed by atoms with Crippen LogP contribution in [0.15, 0.2) is 35.9 Å². The molecule has 2 nitrogen and oxygen atoms in total. The summed E-state index contributed by atoms with van der Waals surface area (Å²) in [7, 11) is 0. The topological polar surface area (TPSA) is 15.3 Å². The molecule has 1 aromatic rings. The highest BCUT2D eigenvalue weighted by Gasteiger charge is 2.18. The Kier molecular flexibility index (Phi) is 3.52. The Morgan fingerprint density at radius 2 is 2.31 bits per heavy atom. The molecule has 0 saturated heterocycles. The zero-order valence-electron chi connectivity index (χ0n) is 9.54. The van der Waals surface area contributed by atoms with Crippen LogP contribution in [-0.4, -0.2) is 19.1 Å². The lowest BCUT2D eigenvalue weighted by molar-refractivity contribution is 0.558. The maximum absolute atomic E-state index is 5.92. The van der Waals surface area contributed by atoms with Crippen molar-refractivity contribution in [2.24, 2.45) is 0 Å². The number of nitrogens with zero attached hydrogens (tertiary/aromatic N) is 1. The van der Waals surface area contributed by atoms with Crippen LogP contribution in [0.4, 0.5) is 5.69 Å². The smallest absolute Gasteiger partial charge is 0.0531 e. The normalized spacial score (nSPS) is 20.1. The Balaban J connectivity index is 2.31. The first-order chi connectivity index (χ1) is 7.66. The Morgan fingerprint density at radius 3 is 3.06 bits per heavy atom. The summed E-state index contributed by atoms with van der Waals surface area (Å²) in [4.78, 5) is 2.29. The third kappa shape index (κ3) is 2.57. The Hall–Kier alpha value is -0.990. The number of rotatable bonds is 2. The number of halogens is 1. The first-order valence-corrected chi connectivity index (χ1v) is 5.94. The molecule has 0 spiro atoms. The number of hydrogen-bond donors (Lipinski definition) is 1. The molecule has 2 rings (SSSR count). The third-order valence-corrected chi connectivity index (χ3v) is 2.95. The van der Waals surface area contributed by atoms with E-state index in [4.69, 9.17) is 11.6 Å². The molecule has 86 valence electrons. The molecule has 0 saturated carbocycles. The molecule has 0 fully saturated rings. The van der Waals surface area contributed by atoms with Gasteiger partial charge in [0.2, 0.25) is 0 Å². The highest BCUT2D eigenvalue weighted by atomic mass is 35.5. The number of fused-ring (bicyclic) bond motifs is 1. The van der Waals surface area contributed by atoms with Gasteiger partial charge < -0.3 is 10.2 Å². The Labute approximate surface area is 102 Å². The average Bonchev–Trinajstić information content (AvgIpc) is 2.39. The van der Waals surface area contributed by atoms with Crippen LogP contribution in [0.3, 0.4) is 0 Å². The van der Waals surface area contributed by atoms with Gasteiger partial charge >= 0.3 is 0 Å². The van der Waals surface area contributed by atoms with Crippen LogP contribution in [0.5, 0.6) is 0 Å². The van der Waals surface area contributed by atoms with Gasteiger partial charge in [-0.3, -0.25) is 0 Å². The van der Waals surface area contributed by atoms with Crippen molar-refractivity contribution in [3.63, 3.8) is 0 Å². The minimum atomic E-state index is 0.461. The van der Waals surface area contributed by atoms with Crippen molar-refractivity contribution in [1.82, 2.24) is 5.32 Å². The van der Waals surface area contributed by atoms with Crippen LogP contribution in [0, 0.1) is 0 Å². The van der Waals surface area contributed by atoms with Crippen molar-refractivity contribution >= 4 is 17.3 Å². The van der Waals surface area contributed by atoms with E-state index in [1.165, 1.54) is 11.3 Å². The maximum atomic E-state index is 5.92. The van der Waals surface area contributed by atoms with Crippen LogP contribution in [0.25, 0.3) is 0 Å². The van der Waals surface area contributed by atoms with Gasteiger partial charge in [0.25, 0.3) is 0 Å². The van der Waals surface area contributed by atoms with Crippen LogP contribution in [0.2, 0.25) is 0 Å². The van der Waals surface area contributed by atoms with E-state index in [9.17, 15) is 0 Å². The SMILES string of the molecule is C=C(Cl)CN1CC(C)NCc2ccccc21. The molecule has 0 radical (unpaired) electrons. The minimum Gasteiger partial charge on any atom is -0.365 e. The van der Waals surface area contributed by atoms with Crippen molar-refractivity contribution < 1.29 is 0 Å². The minimum absolute atomic E-state index is 0.461. The summed E-state index contributed by atoms with van der Waals surface area (Å²) in [6, 6.07) is 8.91. The highest BCUT2D eigenvalue weighted by Crippen LogP contribution is 2.24. The second-order valence-corrected chi connectivity index (χ2v) is 4.84. The lowest BCUT2D eigenvalue weighted by atomic mass is 10.1. The van der Waals surface area contributed by atoms with Gasteiger partial charge in [-0.15, -0.1) is 0 Å². The average molecular weight is 237 g/mol. The molecule has 16 heavy (non-hydrogen) atoms. The van der Waals surface area contributed by atoms with Gasteiger partial charge in [-0.25, -0.2) is 0 Å². The zero-order valence-corrected chi connectivity index (χ0v) is 10.3. The maximum Gasteiger partial charge on any atom is 0.0531 e. The van der Waals surface area contributed by atoms with Gasteiger partial charge in [-0.05, 0) is 18.6 Å². The molecule has 1 unspecified atom stereocenters. The zero-order chi connectivity index (χ0) is 11.5. The van der Waals surface area contributed by atoms with Gasteiger partial charge in [0.1, 0.15) is 0 Å². The van der Waals surface area contributed by atoms with Gasteiger partial charge in [0.05, 0.1) is 6.54 Å². The second-order valence-electron chi connectivity index (χ2n) is 4.31. The number of para-hydroxylation sites is 1. The molecule has 1 aliphatic heterocycles. The fraction of sp³-hybridized carbons (Fsp3) is 0.385. The standard InChI is InChI=1S/C13H17ClN2/c1-10(14)8-16-9-11(2)15-7-12-5-3-4-6-13(12)16/h3-6,11,15H,1,7-9H2,2H3. The molecule has 0 amide bonds. The van der Waals surface area contributed by atoms with Gasteiger partial charge in [0, 0.05) is 29.9 Å². The summed E-state index contributed by atoms with van der Waals surface area (Å²) in [5, 5.41) is 4.17. The van der Waals surface area contributed by atoms with E-state index in [0.29, 0.717) is 17.6 Å². The molecule has 1 N–H and O–H groups in total. The molecular weight excluding hydrogens is 220 g/mol. The number of nitrogens with one attached hydrogen (secondary N) is 1. The fourth-order valence-electron chi connectivity index (χ4n) is 2.10. The number of anilines is 1. The van der Waals surface area contributed by atoms with Crippen LogP contribution >= 0.6 is 11.6 Å². The molecule has 0 bridgehead atoms. The lowest BCUT2D eigenvalue weighted by Gasteiger charge is -2.25. The summed E-state index contributed by atoms with van der Waals surface area (Å²) >= 11 is 5.92. The van der Waals surface area contributed by atoms with E-state index in [2.05, 4.69) is 48.0 Å². The molecule has 1 aliphatic rings. The summed E-state index contributed by atoms with van der Waals surface area (Å²) in [5.41, 5.74) is 2.59. The lowest BCUT2D eigenvalue weighted by Crippen LogP contribution is -2.36. The van der Waals surface area contributed by atoms with Gasteiger partial charge in [-0.1, -0.05) is 36.4 Å². The predicted molar refractivity (Wildman–Crippen MR) is 69.9 cm³/mol.